The molecule has 2 heteroatoms. The van der Waals surface area contributed by atoms with Gasteiger partial charge in [0.15, 0.2) is 0 Å². The van der Waals surface area contributed by atoms with Gasteiger partial charge in [-0.25, -0.2) is 9.97 Å². The SMILES string of the molecule is CC[C@@H](C)c1ncc(C)cn1. The molecule has 0 N–H and O–H groups in total. The number of hydrogen-bond donors (Lipinski definition) is 0. The zero-order valence-electron chi connectivity index (χ0n) is 7.33. The standard InChI is InChI=1S/C9H14N2/c1-4-8(3)9-10-5-7(2)6-11-9/h5-6,8H,4H2,1-3H3/t8-/m1/s1. The van der Waals surface area contributed by atoms with E-state index in [0.29, 0.717) is 5.92 Å². The van der Waals surface area contributed by atoms with Crippen LogP contribution in [0.4, 0.5) is 0 Å². The molecule has 60 valence electrons. The van der Waals surface area contributed by atoms with Gasteiger partial charge in [0.1, 0.15) is 5.82 Å². The van der Waals surface area contributed by atoms with Crippen LogP contribution < -0.4 is 0 Å². The lowest BCUT2D eigenvalue weighted by Crippen LogP contribution is -1.98. The Bertz CT molecular complexity index is 216. The molecular weight excluding hydrogens is 136 g/mol. The Morgan fingerprint density at radius 1 is 1.36 bits per heavy atom. The number of aryl methyl sites for hydroxylation is 1. The second kappa shape index (κ2) is 3.46. The molecule has 1 aromatic heterocycles. The molecule has 0 unspecified atom stereocenters. The van der Waals surface area contributed by atoms with Crippen molar-refractivity contribution in [1.82, 2.24) is 9.97 Å². The number of aromatic nitrogens is 2. The summed E-state index contributed by atoms with van der Waals surface area (Å²) in [7, 11) is 0. The molecule has 1 heterocycles. The Morgan fingerprint density at radius 2 is 1.91 bits per heavy atom. The van der Waals surface area contributed by atoms with Crippen molar-refractivity contribution in [3.63, 3.8) is 0 Å². The van der Waals surface area contributed by atoms with Crippen LogP contribution in [0.3, 0.4) is 0 Å². The van der Waals surface area contributed by atoms with E-state index in [9.17, 15) is 0 Å². The van der Waals surface area contributed by atoms with Gasteiger partial charge in [0.2, 0.25) is 0 Å². The van der Waals surface area contributed by atoms with Crippen LogP contribution >= 0.6 is 0 Å². The lowest BCUT2D eigenvalue weighted by atomic mass is 10.1. The first-order chi connectivity index (χ1) is 5.24. The zero-order chi connectivity index (χ0) is 8.27. The molecule has 0 aliphatic carbocycles. The lowest BCUT2D eigenvalue weighted by Gasteiger charge is -2.05. The van der Waals surface area contributed by atoms with Crippen LogP contribution in [0.15, 0.2) is 12.4 Å². The molecule has 0 saturated heterocycles. The van der Waals surface area contributed by atoms with Crippen LogP contribution in [0, 0.1) is 6.92 Å². The summed E-state index contributed by atoms with van der Waals surface area (Å²) in [6.07, 6.45) is 4.84. The number of hydrogen-bond acceptors (Lipinski definition) is 2. The normalized spacial score (nSPS) is 13.0. The van der Waals surface area contributed by atoms with E-state index >= 15 is 0 Å². The Morgan fingerprint density at radius 3 is 2.36 bits per heavy atom. The summed E-state index contributed by atoms with van der Waals surface area (Å²) in [6.45, 7) is 6.29. The van der Waals surface area contributed by atoms with Crippen molar-refractivity contribution in [1.29, 1.82) is 0 Å². The molecule has 0 spiro atoms. The van der Waals surface area contributed by atoms with E-state index in [1.165, 1.54) is 0 Å². The van der Waals surface area contributed by atoms with Crippen molar-refractivity contribution >= 4 is 0 Å². The lowest BCUT2D eigenvalue weighted by molar-refractivity contribution is 0.677. The summed E-state index contributed by atoms with van der Waals surface area (Å²) in [5.41, 5.74) is 1.12. The molecule has 0 bridgehead atoms. The summed E-state index contributed by atoms with van der Waals surface area (Å²) >= 11 is 0. The first kappa shape index (κ1) is 8.18. The highest BCUT2D eigenvalue weighted by molar-refractivity contribution is 5.04. The molecule has 1 atom stereocenters. The van der Waals surface area contributed by atoms with Crippen molar-refractivity contribution in [2.45, 2.75) is 33.1 Å². The van der Waals surface area contributed by atoms with Crippen molar-refractivity contribution in [3.8, 4) is 0 Å². The molecule has 0 aliphatic rings. The highest BCUT2D eigenvalue weighted by Crippen LogP contribution is 2.12. The summed E-state index contributed by atoms with van der Waals surface area (Å²) in [5.74, 6) is 1.44. The van der Waals surface area contributed by atoms with Crippen LogP contribution in [-0.2, 0) is 0 Å². The van der Waals surface area contributed by atoms with Crippen LogP contribution in [0.25, 0.3) is 0 Å². The quantitative estimate of drug-likeness (QED) is 0.646. The van der Waals surface area contributed by atoms with Crippen LogP contribution in [0.2, 0.25) is 0 Å². The first-order valence-corrected chi connectivity index (χ1v) is 4.02. The second-order valence-electron chi connectivity index (χ2n) is 2.93. The fraction of sp³-hybridized carbons (Fsp3) is 0.556. The fourth-order valence-electron chi connectivity index (χ4n) is 0.840. The summed E-state index contributed by atoms with van der Waals surface area (Å²) in [6, 6.07) is 0. The number of nitrogens with zero attached hydrogens (tertiary/aromatic N) is 2. The van der Waals surface area contributed by atoms with E-state index in [1.807, 2.05) is 19.3 Å². The summed E-state index contributed by atoms with van der Waals surface area (Å²) in [4.78, 5) is 8.48. The minimum atomic E-state index is 0.482. The molecule has 0 radical (unpaired) electrons. The van der Waals surface area contributed by atoms with Crippen molar-refractivity contribution in [3.05, 3.63) is 23.8 Å². The molecular formula is C9H14N2. The molecule has 1 rings (SSSR count). The van der Waals surface area contributed by atoms with E-state index in [0.717, 1.165) is 17.8 Å². The van der Waals surface area contributed by atoms with E-state index in [4.69, 9.17) is 0 Å². The molecule has 2 nitrogen and oxygen atoms in total. The van der Waals surface area contributed by atoms with Crippen molar-refractivity contribution in [2.75, 3.05) is 0 Å². The maximum Gasteiger partial charge on any atom is 0.131 e. The fourth-order valence-corrected chi connectivity index (χ4v) is 0.840. The van der Waals surface area contributed by atoms with Gasteiger partial charge in [0.05, 0.1) is 0 Å². The van der Waals surface area contributed by atoms with E-state index in [-0.39, 0.29) is 0 Å². The van der Waals surface area contributed by atoms with Crippen molar-refractivity contribution in [2.24, 2.45) is 0 Å². The molecule has 11 heavy (non-hydrogen) atoms. The number of rotatable bonds is 2. The molecule has 0 saturated carbocycles. The first-order valence-electron chi connectivity index (χ1n) is 4.02. The third-order valence-electron chi connectivity index (χ3n) is 1.85. The van der Waals surface area contributed by atoms with E-state index in [1.54, 1.807) is 0 Å². The van der Waals surface area contributed by atoms with Gasteiger partial charge < -0.3 is 0 Å². The largest absolute Gasteiger partial charge is 0.241 e. The maximum atomic E-state index is 4.24. The van der Waals surface area contributed by atoms with Gasteiger partial charge in [-0.2, -0.15) is 0 Å². The van der Waals surface area contributed by atoms with Gasteiger partial charge in [0, 0.05) is 18.3 Å². The molecule has 0 aromatic carbocycles. The van der Waals surface area contributed by atoms with Crippen LogP contribution in [0.5, 0.6) is 0 Å². The van der Waals surface area contributed by atoms with Gasteiger partial charge in [0.25, 0.3) is 0 Å². The maximum absolute atomic E-state index is 4.24. The third kappa shape index (κ3) is 2.00. The van der Waals surface area contributed by atoms with Gasteiger partial charge in [-0.1, -0.05) is 13.8 Å². The molecule has 0 fully saturated rings. The van der Waals surface area contributed by atoms with Gasteiger partial charge in [-0.15, -0.1) is 0 Å². The van der Waals surface area contributed by atoms with Crippen LogP contribution in [0.1, 0.15) is 37.6 Å². The predicted octanol–water partition coefficient (Wildman–Crippen LogP) is 2.30. The molecule has 0 aliphatic heterocycles. The monoisotopic (exact) mass is 150 g/mol. The average Bonchev–Trinajstić information content (AvgIpc) is 2.05. The summed E-state index contributed by atoms with van der Waals surface area (Å²) in [5, 5.41) is 0. The summed E-state index contributed by atoms with van der Waals surface area (Å²) < 4.78 is 0. The second-order valence-corrected chi connectivity index (χ2v) is 2.93. The third-order valence-corrected chi connectivity index (χ3v) is 1.85. The topological polar surface area (TPSA) is 25.8 Å². The van der Waals surface area contributed by atoms with E-state index in [2.05, 4.69) is 23.8 Å². The minimum Gasteiger partial charge on any atom is -0.241 e. The smallest absolute Gasteiger partial charge is 0.131 e. The highest BCUT2D eigenvalue weighted by atomic mass is 14.9. The molecule has 0 amide bonds. The Hall–Kier alpha value is -0.920. The Balaban J connectivity index is 2.81. The predicted molar refractivity (Wildman–Crippen MR) is 45.5 cm³/mol. The van der Waals surface area contributed by atoms with Gasteiger partial charge in [-0.05, 0) is 18.9 Å². The Kier molecular flexibility index (Phi) is 2.58. The zero-order valence-corrected chi connectivity index (χ0v) is 7.33. The van der Waals surface area contributed by atoms with Crippen LogP contribution in [-0.4, -0.2) is 9.97 Å². The average molecular weight is 150 g/mol. The highest BCUT2D eigenvalue weighted by Gasteiger charge is 2.03. The Labute approximate surface area is 67.7 Å². The van der Waals surface area contributed by atoms with Gasteiger partial charge >= 0.3 is 0 Å². The molecule has 1 aromatic rings. The van der Waals surface area contributed by atoms with Gasteiger partial charge in [-0.3, -0.25) is 0 Å². The van der Waals surface area contributed by atoms with Crippen molar-refractivity contribution < 1.29 is 0 Å². The minimum absolute atomic E-state index is 0.482. The van der Waals surface area contributed by atoms with E-state index < -0.39 is 0 Å².